The molecule has 0 aromatic carbocycles. The number of pyridine rings is 1. The molecule has 11 nitrogen and oxygen atoms in total. The minimum atomic E-state index is -4.94. The Bertz CT molecular complexity index is 1090. The van der Waals surface area contributed by atoms with E-state index >= 15 is 0 Å². The molecule has 0 aliphatic carbocycles. The molecule has 0 fully saturated rings. The Morgan fingerprint density at radius 3 is 2.63 bits per heavy atom. The first-order valence-corrected chi connectivity index (χ1v) is 8.19. The molecule has 2 amide bonds. The van der Waals surface area contributed by atoms with Crippen molar-refractivity contribution in [3.8, 4) is 11.7 Å². The number of nitrogens with one attached hydrogen (secondary N) is 1. The molecule has 3 rings (SSSR count). The Balaban J connectivity index is 1.79. The van der Waals surface area contributed by atoms with Crippen LogP contribution in [0.2, 0.25) is 0 Å². The SMILES string of the molecule is C[C@H](NC(=O)c1ccnc(OC(F)(F)F)c1)c1ncnn1-c1cc(C(N)=O)ncn1. The van der Waals surface area contributed by atoms with Crippen molar-refractivity contribution in [3.63, 3.8) is 0 Å². The Morgan fingerprint density at radius 2 is 1.93 bits per heavy atom. The number of primary amides is 1. The predicted molar refractivity (Wildman–Crippen MR) is 92.3 cm³/mol. The number of halogens is 3. The largest absolute Gasteiger partial charge is 0.574 e. The normalized spacial score (nSPS) is 12.3. The number of rotatable bonds is 6. The van der Waals surface area contributed by atoms with Crippen LogP contribution in [-0.2, 0) is 0 Å². The van der Waals surface area contributed by atoms with E-state index in [-0.39, 0.29) is 22.9 Å². The van der Waals surface area contributed by atoms with Gasteiger partial charge in [-0.2, -0.15) is 9.78 Å². The number of hydrogen-bond donors (Lipinski definition) is 2. The highest BCUT2D eigenvalue weighted by Gasteiger charge is 2.32. The molecule has 156 valence electrons. The molecule has 14 heteroatoms. The second-order valence-electron chi connectivity index (χ2n) is 5.78. The second-order valence-corrected chi connectivity index (χ2v) is 5.78. The summed E-state index contributed by atoms with van der Waals surface area (Å²) in [6.45, 7) is 1.57. The summed E-state index contributed by atoms with van der Waals surface area (Å²) in [5.41, 5.74) is 5.04. The van der Waals surface area contributed by atoms with Gasteiger partial charge >= 0.3 is 6.36 Å². The van der Waals surface area contributed by atoms with Crippen molar-refractivity contribution in [2.75, 3.05) is 0 Å². The van der Waals surface area contributed by atoms with Gasteiger partial charge in [0.1, 0.15) is 18.3 Å². The van der Waals surface area contributed by atoms with Crippen molar-refractivity contribution >= 4 is 11.8 Å². The van der Waals surface area contributed by atoms with E-state index in [9.17, 15) is 22.8 Å². The summed E-state index contributed by atoms with van der Waals surface area (Å²) >= 11 is 0. The van der Waals surface area contributed by atoms with Crippen LogP contribution in [0.5, 0.6) is 5.88 Å². The summed E-state index contributed by atoms with van der Waals surface area (Å²) in [5, 5.41) is 6.57. The number of nitrogens with zero attached hydrogens (tertiary/aromatic N) is 6. The minimum absolute atomic E-state index is 0.0490. The van der Waals surface area contributed by atoms with Crippen LogP contribution in [0.3, 0.4) is 0 Å². The molecule has 0 saturated carbocycles. The lowest BCUT2D eigenvalue weighted by Gasteiger charge is -2.15. The van der Waals surface area contributed by atoms with E-state index in [4.69, 9.17) is 5.73 Å². The molecule has 0 aliphatic heterocycles. The van der Waals surface area contributed by atoms with Crippen molar-refractivity contribution in [3.05, 3.63) is 54.1 Å². The van der Waals surface area contributed by atoms with Crippen molar-refractivity contribution in [1.82, 2.24) is 35.0 Å². The third-order valence-corrected chi connectivity index (χ3v) is 3.65. The maximum atomic E-state index is 12.4. The van der Waals surface area contributed by atoms with Gasteiger partial charge in [0.05, 0.1) is 6.04 Å². The lowest BCUT2D eigenvalue weighted by atomic mass is 10.2. The maximum absolute atomic E-state index is 12.4. The van der Waals surface area contributed by atoms with E-state index in [1.165, 1.54) is 23.1 Å². The van der Waals surface area contributed by atoms with Gasteiger partial charge < -0.3 is 15.8 Å². The fourth-order valence-corrected chi connectivity index (χ4v) is 2.39. The maximum Gasteiger partial charge on any atom is 0.574 e. The zero-order valence-corrected chi connectivity index (χ0v) is 15.2. The van der Waals surface area contributed by atoms with Crippen molar-refractivity contribution in [2.24, 2.45) is 5.73 Å². The van der Waals surface area contributed by atoms with Gasteiger partial charge in [0.2, 0.25) is 5.88 Å². The monoisotopic (exact) mass is 422 g/mol. The number of carbonyl (C=O) groups excluding carboxylic acids is 2. The molecule has 0 radical (unpaired) electrons. The molecule has 3 aromatic rings. The predicted octanol–water partition coefficient (Wildman–Crippen LogP) is 0.941. The van der Waals surface area contributed by atoms with E-state index in [1.807, 2.05) is 0 Å². The van der Waals surface area contributed by atoms with Gasteiger partial charge in [-0.1, -0.05) is 0 Å². The number of nitrogens with two attached hydrogens (primary N) is 1. The Kier molecular flexibility index (Phi) is 5.57. The zero-order chi connectivity index (χ0) is 21.9. The lowest BCUT2D eigenvalue weighted by molar-refractivity contribution is -0.276. The Labute approximate surface area is 166 Å². The summed E-state index contributed by atoms with van der Waals surface area (Å²) in [5.74, 6) is -1.83. The Morgan fingerprint density at radius 1 is 1.17 bits per heavy atom. The third kappa shape index (κ3) is 4.84. The molecule has 1 atom stereocenters. The van der Waals surface area contributed by atoms with E-state index in [1.54, 1.807) is 6.92 Å². The molecule has 30 heavy (non-hydrogen) atoms. The summed E-state index contributed by atoms with van der Waals surface area (Å²) in [6.07, 6.45) is -1.61. The number of ether oxygens (including phenoxy) is 1. The molecule has 0 unspecified atom stereocenters. The Hall–Kier alpha value is -4.10. The highest BCUT2D eigenvalue weighted by Crippen LogP contribution is 2.21. The summed E-state index contributed by atoms with van der Waals surface area (Å²) in [7, 11) is 0. The van der Waals surface area contributed by atoms with Gasteiger partial charge in [-0.3, -0.25) is 9.59 Å². The molecule has 3 N–H and O–H groups in total. The van der Waals surface area contributed by atoms with E-state index in [0.29, 0.717) is 0 Å². The average molecular weight is 422 g/mol. The minimum Gasteiger partial charge on any atom is -0.388 e. The van der Waals surface area contributed by atoms with Gasteiger partial charge in [0.25, 0.3) is 11.8 Å². The fourth-order valence-electron chi connectivity index (χ4n) is 2.39. The van der Waals surface area contributed by atoms with Crippen LogP contribution in [0.15, 0.2) is 37.1 Å². The standard InChI is InChI=1S/C16H13F3N8O3/c1-8(26-15(29)9-2-3-21-12(4-9)30-16(17,18)19)14-24-7-25-27(14)11-5-10(13(20)28)22-6-23-11/h2-8H,1H3,(H2,20,28)(H,26,29)/t8-/m0/s1. The highest BCUT2D eigenvalue weighted by atomic mass is 19.4. The van der Waals surface area contributed by atoms with Gasteiger partial charge in [-0.25, -0.2) is 19.9 Å². The number of carbonyl (C=O) groups is 2. The van der Waals surface area contributed by atoms with Crippen LogP contribution >= 0.6 is 0 Å². The molecule has 3 heterocycles. The average Bonchev–Trinajstić information content (AvgIpc) is 3.17. The number of hydrogen-bond acceptors (Lipinski definition) is 8. The molecular formula is C16H13F3N8O3. The van der Waals surface area contributed by atoms with Crippen LogP contribution in [0.25, 0.3) is 5.82 Å². The second kappa shape index (κ2) is 8.10. The quantitative estimate of drug-likeness (QED) is 0.596. The van der Waals surface area contributed by atoms with Gasteiger partial charge in [0, 0.05) is 23.9 Å². The summed E-state index contributed by atoms with van der Waals surface area (Å²) in [4.78, 5) is 38.9. The number of aromatic nitrogens is 6. The summed E-state index contributed by atoms with van der Waals surface area (Å²) in [6, 6.07) is 2.62. The van der Waals surface area contributed by atoms with Gasteiger partial charge in [0.15, 0.2) is 11.6 Å². The van der Waals surface area contributed by atoms with Gasteiger partial charge in [-0.05, 0) is 13.0 Å². The van der Waals surface area contributed by atoms with E-state index < -0.39 is 30.1 Å². The van der Waals surface area contributed by atoms with Crippen molar-refractivity contribution < 1.29 is 27.5 Å². The molecule has 0 spiro atoms. The van der Waals surface area contributed by atoms with Crippen LogP contribution in [0, 0.1) is 0 Å². The first-order chi connectivity index (χ1) is 14.1. The van der Waals surface area contributed by atoms with Crippen LogP contribution in [0.4, 0.5) is 13.2 Å². The van der Waals surface area contributed by atoms with Crippen LogP contribution in [-0.4, -0.2) is 47.9 Å². The molecule has 0 aliphatic rings. The molecular weight excluding hydrogens is 409 g/mol. The number of amides is 2. The van der Waals surface area contributed by atoms with E-state index in [0.717, 1.165) is 18.6 Å². The lowest BCUT2D eigenvalue weighted by Crippen LogP contribution is -2.29. The third-order valence-electron chi connectivity index (χ3n) is 3.65. The summed E-state index contributed by atoms with van der Waals surface area (Å²) < 4.78 is 42.0. The zero-order valence-electron chi connectivity index (χ0n) is 15.2. The van der Waals surface area contributed by atoms with Gasteiger partial charge in [-0.15, -0.1) is 13.2 Å². The van der Waals surface area contributed by atoms with Crippen molar-refractivity contribution in [1.29, 1.82) is 0 Å². The first kappa shape index (κ1) is 20.6. The smallest absolute Gasteiger partial charge is 0.388 e. The molecule has 0 saturated heterocycles. The molecule has 3 aromatic heterocycles. The van der Waals surface area contributed by atoms with Crippen molar-refractivity contribution in [2.45, 2.75) is 19.3 Å². The number of alkyl halides is 3. The first-order valence-electron chi connectivity index (χ1n) is 8.19. The van der Waals surface area contributed by atoms with Crippen LogP contribution in [0.1, 0.15) is 39.6 Å². The van der Waals surface area contributed by atoms with Crippen LogP contribution < -0.4 is 15.8 Å². The molecule has 0 bridgehead atoms. The highest BCUT2D eigenvalue weighted by molar-refractivity contribution is 5.94. The topological polar surface area (TPSA) is 151 Å². The van der Waals surface area contributed by atoms with E-state index in [2.05, 4.69) is 35.1 Å². The fraction of sp³-hybridized carbons (Fsp3) is 0.188.